The van der Waals surface area contributed by atoms with E-state index in [1.165, 1.54) is 0 Å². The molecule has 0 saturated carbocycles. The van der Waals surface area contributed by atoms with E-state index in [0.717, 1.165) is 5.56 Å². The van der Waals surface area contributed by atoms with E-state index >= 15 is 0 Å². The van der Waals surface area contributed by atoms with Crippen molar-refractivity contribution in [2.45, 2.75) is 13.5 Å². The van der Waals surface area contributed by atoms with Gasteiger partial charge in [0.2, 0.25) is 5.89 Å². The predicted molar refractivity (Wildman–Crippen MR) is 96.2 cm³/mol. The summed E-state index contributed by atoms with van der Waals surface area (Å²) in [6.45, 7) is 1.44. The molecule has 1 aromatic heterocycles. The van der Waals surface area contributed by atoms with Crippen molar-refractivity contribution in [2.24, 2.45) is 0 Å². The van der Waals surface area contributed by atoms with Gasteiger partial charge in [0.05, 0.1) is 10.6 Å². The van der Waals surface area contributed by atoms with Gasteiger partial charge in [0.15, 0.2) is 13.2 Å². The molecular formula is C18H14Cl2N2O4. The first-order chi connectivity index (χ1) is 12.5. The largest absolute Gasteiger partial charge is 0.482 e. The van der Waals surface area contributed by atoms with Crippen molar-refractivity contribution in [2.75, 3.05) is 6.61 Å². The SMILES string of the molecule is Cc1cc(Cl)ccc1OCC(=O)OCc1nnc(-c2ccccc2Cl)o1. The highest BCUT2D eigenvalue weighted by molar-refractivity contribution is 6.33. The van der Waals surface area contributed by atoms with Gasteiger partial charge in [-0.15, -0.1) is 10.2 Å². The lowest BCUT2D eigenvalue weighted by molar-refractivity contribution is -0.148. The van der Waals surface area contributed by atoms with E-state index in [2.05, 4.69) is 10.2 Å². The molecule has 6 nitrogen and oxygen atoms in total. The summed E-state index contributed by atoms with van der Waals surface area (Å²) >= 11 is 12.0. The summed E-state index contributed by atoms with van der Waals surface area (Å²) in [6.07, 6.45) is 0. The second-order valence-corrected chi connectivity index (χ2v) is 6.18. The number of halogens is 2. The zero-order chi connectivity index (χ0) is 18.5. The van der Waals surface area contributed by atoms with Crippen molar-refractivity contribution in [3.8, 4) is 17.2 Å². The minimum absolute atomic E-state index is 0.154. The summed E-state index contributed by atoms with van der Waals surface area (Å²) in [5.74, 6) is 0.424. The maximum atomic E-state index is 11.8. The molecule has 3 rings (SSSR count). The van der Waals surface area contributed by atoms with Gasteiger partial charge in [0, 0.05) is 5.02 Å². The molecular weight excluding hydrogens is 379 g/mol. The monoisotopic (exact) mass is 392 g/mol. The first-order valence-electron chi connectivity index (χ1n) is 7.65. The van der Waals surface area contributed by atoms with Gasteiger partial charge in [-0.2, -0.15) is 0 Å². The smallest absolute Gasteiger partial charge is 0.344 e. The molecule has 26 heavy (non-hydrogen) atoms. The molecule has 0 spiro atoms. The standard InChI is InChI=1S/C18H14Cl2N2O4/c1-11-8-12(19)6-7-15(11)24-10-17(23)25-9-16-21-22-18(26-16)13-4-2-3-5-14(13)20/h2-8H,9-10H2,1H3. The lowest BCUT2D eigenvalue weighted by Gasteiger charge is -2.08. The van der Waals surface area contributed by atoms with Crippen LogP contribution in [-0.2, 0) is 16.1 Å². The Kier molecular flexibility index (Phi) is 5.75. The van der Waals surface area contributed by atoms with E-state index in [0.29, 0.717) is 21.4 Å². The van der Waals surface area contributed by atoms with Crippen LogP contribution >= 0.6 is 23.2 Å². The molecule has 2 aromatic carbocycles. The highest BCUT2D eigenvalue weighted by Gasteiger charge is 2.13. The molecule has 1 heterocycles. The Morgan fingerprint density at radius 1 is 1.15 bits per heavy atom. The number of ether oxygens (including phenoxy) is 2. The lowest BCUT2D eigenvalue weighted by Crippen LogP contribution is -2.15. The molecule has 0 radical (unpaired) electrons. The third kappa shape index (κ3) is 4.53. The van der Waals surface area contributed by atoms with Crippen LogP contribution in [0, 0.1) is 6.92 Å². The predicted octanol–water partition coefficient (Wildman–Crippen LogP) is 4.47. The van der Waals surface area contributed by atoms with Gasteiger partial charge in [-0.3, -0.25) is 0 Å². The van der Waals surface area contributed by atoms with Crippen molar-refractivity contribution in [3.63, 3.8) is 0 Å². The van der Waals surface area contributed by atoms with Gasteiger partial charge in [-0.25, -0.2) is 4.79 Å². The molecule has 0 aliphatic rings. The number of hydrogen-bond donors (Lipinski definition) is 0. The minimum atomic E-state index is -0.558. The Hall–Kier alpha value is -2.57. The van der Waals surface area contributed by atoms with Gasteiger partial charge in [0.25, 0.3) is 5.89 Å². The fourth-order valence-corrected chi connectivity index (χ4v) is 2.59. The topological polar surface area (TPSA) is 74.5 Å². The molecule has 134 valence electrons. The summed E-state index contributed by atoms with van der Waals surface area (Å²) < 4.78 is 15.9. The summed E-state index contributed by atoms with van der Waals surface area (Å²) in [4.78, 5) is 11.8. The summed E-state index contributed by atoms with van der Waals surface area (Å²) in [5.41, 5.74) is 1.44. The van der Waals surface area contributed by atoms with Gasteiger partial charge in [0.1, 0.15) is 5.75 Å². The molecule has 0 N–H and O–H groups in total. The Morgan fingerprint density at radius 3 is 2.73 bits per heavy atom. The van der Waals surface area contributed by atoms with Crippen LogP contribution in [0.15, 0.2) is 46.9 Å². The molecule has 0 unspecified atom stereocenters. The number of aromatic nitrogens is 2. The number of carbonyl (C=O) groups excluding carboxylic acids is 1. The van der Waals surface area contributed by atoms with Crippen molar-refractivity contribution in [1.82, 2.24) is 10.2 Å². The van der Waals surface area contributed by atoms with Crippen molar-refractivity contribution in [3.05, 3.63) is 64.0 Å². The van der Waals surface area contributed by atoms with E-state index in [4.69, 9.17) is 37.1 Å². The second-order valence-electron chi connectivity index (χ2n) is 5.34. The Bertz CT molecular complexity index is 927. The van der Waals surface area contributed by atoms with Crippen molar-refractivity contribution in [1.29, 1.82) is 0 Å². The number of rotatable bonds is 6. The van der Waals surface area contributed by atoms with Crippen molar-refractivity contribution < 1.29 is 18.7 Å². The molecule has 0 amide bonds. The number of nitrogens with zero attached hydrogens (tertiary/aromatic N) is 2. The maximum Gasteiger partial charge on any atom is 0.344 e. The van der Waals surface area contributed by atoms with Crippen LogP contribution in [0.5, 0.6) is 5.75 Å². The highest BCUT2D eigenvalue weighted by atomic mass is 35.5. The van der Waals surface area contributed by atoms with Crippen LogP contribution in [0.25, 0.3) is 11.5 Å². The van der Waals surface area contributed by atoms with Crippen LogP contribution in [-0.4, -0.2) is 22.8 Å². The average Bonchev–Trinajstić information content (AvgIpc) is 3.08. The molecule has 0 aliphatic carbocycles. The van der Waals surface area contributed by atoms with Crippen LogP contribution in [0.4, 0.5) is 0 Å². The molecule has 0 atom stereocenters. The third-order valence-electron chi connectivity index (χ3n) is 3.41. The molecule has 0 fully saturated rings. The molecule has 8 heteroatoms. The lowest BCUT2D eigenvalue weighted by atomic mass is 10.2. The number of benzene rings is 2. The number of carbonyl (C=O) groups is 1. The number of esters is 1. The van der Waals surface area contributed by atoms with Gasteiger partial charge in [-0.05, 0) is 42.8 Å². The zero-order valence-corrected chi connectivity index (χ0v) is 15.3. The fourth-order valence-electron chi connectivity index (χ4n) is 2.15. The highest BCUT2D eigenvalue weighted by Crippen LogP contribution is 2.26. The Labute approximate surface area is 159 Å². The van der Waals surface area contributed by atoms with E-state index in [1.54, 1.807) is 42.5 Å². The van der Waals surface area contributed by atoms with Crippen LogP contribution < -0.4 is 4.74 Å². The molecule has 0 bridgehead atoms. The average molecular weight is 393 g/mol. The van der Waals surface area contributed by atoms with Gasteiger partial charge < -0.3 is 13.9 Å². The fraction of sp³-hybridized carbons (Fsp3) is 0.167. The quantitative estimate of drug-likeness (QED) is 0.575. The molecule has 3 aromatic rings. The molecule has 0 aliphatic heterocycles. The van der Waals surface area contributed by atoms with Gasteiger partial charge in [-0.1, -0.05) is 35.3 Å². The normalized spacial score (nSPS) is 10.6. The first kappa shape index (κ1) is 18.2. The Balaban J connectivity index is 1.53. The minimum Gasteiger partial charge on any atom is -0.482 e. The first-order valence-corrected chi connectivity index (χ1v) is 8.40. The summed E-state index contributed by atoms with van der Waals surface area (Å²) in [5, 5.41) is 8.83. The van der Waals surface area contributed by atoms with E-state index in [-0.39, 0.29) is 25.0 Å². The zero-order valence-electron chi connectivity index (χ0n) is 13.7. The third-order valence-corrected chi connectivity index (χ3v) is 3.97. The summed E-state index contributed by atoms with van der Waals surface area (Å²) in [6, 6.07) is 12.2. The van der Waals surface area contributed by atoms with E-state index < -0.39 is 5.97 Å². The number of hydrogen-bond acceptors (Lipinski definition) is 6. The molecule has 0 saturated heterocycles. The van der Waals surface area contributed by atoms with E-state index in [1.807, 2.05) is 6.92 Å². The second kappa shape index (κ2) is 8.21. The van der Waals surface area contributed by atoms with Crippen LogP contribution in [0.3, 0.4) is 0 Å². The number of aryl methyl sites for hydroxylation is 1. The maximum absolute atomic E-state index is 11.8. The van der Waals surface area contributed by atoms with Gasteiger partial charge >= 0.3 is 5.97 Å². The van der Waals surface area contributed by atoms with Crippen molar-refractivity contribution >= 4 is 29.2 Å². The summed E-state index contributed by atoms with van der Waals surface area (Å²) in [7, 11) is 0. The van der Waals surface area contributed by atoms with Crippen LogP contribution in [0.2, 0.25) is 10.0 Å². The van der Waals surface area contributed by atoms with E-state index in [9.17, 15) is 4.79 Å². The van der Waals surface area contributed by atoms with Crippen LogP contribution in [0.1, 0.15) is 11.5 Å². The Morgan fingerprint density at radius 2 is 1.96 bits per heavy atom.